The molecule has 2 fully saturated rings. The number of aromatic nitrogens is 3. The van der Waals surface area contributed by atoms with Gasteiger partial charge >= 0.3 is 0 Å². The Morgan fingerprint density at radius 3 is 2.58 bits per heavy atom. The van der Waals surface area contributed by atoms with Crippen molar-refractivity contribution in [2.24, 2.45) is 5.92 Å². The highest BCUT2D eigenvalue weighted by molar-refractivity contribution is 7.19. The van der Waals surface area contributed by atoms with Crippen molar-refractivity contribution >= 4 is 43.8 Å². The molecule has 1 aliphatic carbocycles. The Kier molecular flexibility index (Phi) is 5.98. The molecule has 176 valence electrons. The summed E-state index contributed by atoms with van der Waals surface area (Å²) in [5.41, 5.74) is 2.64. The summed E-state index contributed by atoms with van der Waals surface area (Å²) in [7, 11) is 0. The largest absolute Gasteiger partial charge is 0.379 e. The molecule has 2 aliphatic heterocycles. The minimum atomic E-state index is 0.764. The molecular formula is C24H32N6OS2. The Bertz CT molecular complexity index is 1130. The summed E-state index contributed by atoms with van der Waals surface area (Å²) in [4.78, 5) is 25.1. The molecule has 3 aromatic rings. The van der Waals surface area contributed by atoms with Crippen LogP contribution in [0.4, 0.5) is 10.9 Å². The number of piperazine rings is 1. The average Bonchev–Trinajstić information content (AvgIpc) is 3.42. The van der Waals surface area contributed by atoms with Gasteiger partial charge in [-0.05, 0) is 37.7 Å². The van der Waals surface area contributed by atoms with Crippen LogP contribution in [0, 0.1) is 12.8 Å². The SMILES string of the molecule is Cc1csc(N2CCN(c3nc(CN4CCOCC4)nc4sc5c(c34)CC[C@H](C)C5)CC2)n1. The number of morpholine rings is 1. The Morgan fingerprint density at radius 2 is 1.82 bits per heavy atom. The van der Waals surface area contributed by atoms with Gasteiger partial charge in [0.25, 0.3) is 0 Å². The van der Waals surface area contributed by atoms with E-state index in [-0.39, 0.29) is 0 Å². The van der Waals surface area contributed by atoms with Crippen molar-refractivity contribution in [1.29, 1.82) is 0 Å². The third-order valence-electron chi connectivity index (χ3n) is 7.11. The summed E-state index contributed by atoms with van der Waals surface area (Å²) in [6.45, 7) is 12.7. The fourth-order valence-electron chi connectivity index (χ4n) is 5.22. The Labute approximate surface area is 203 Å². The normalized spacial score (nSPS) is 22.2. The van der Waals surface area contributed by atoms with E-state index in [2.05, 4.69) is 33.9 Å². The van der Waals surface area contributed by atoms with Crippen molar-refractivity contribution in [2.45, 2.75) is 39.7 Å². The number of thiazole rings is 1. The summed E-state index contributed by atoms with van der Waals surface area (Å²) in [5, 5.41) is 4.63. The molecule has 0 amide bonds. The minimum Gasteiger partial charge on any atom is -0.379 e. The van der Waals surface area contributed by atoms with Crippen LogP contribution in [-0.4, -0.2) is 72.3 Å². The van der Waals surface area contributed by atoms with Gasteiger partial charge in [-0.25, -0.2) is 15.0 Å². The van der Waals surface area contributed by atoms with Crippen molar-refractivity contribution in [3.05, 3.63) is 27.3 Å². The van der Waals surface area contributed by atoms with Gasteiger partial charge in [-0.1, -0.05) is 6.92 Å². The van der Waals surface area contributed by atoms with Crippen molar-refractivity contribution < 1.29 is 4.74 Å². The molecule has 2 saturated heterocycles. The second-order valence-corrected chi connectivity index (χ2v) is 11.5. The number of fused-ring (bicyclic) bond motifs is 3. The average molecular weight is 485 g/mol. The van der Waals surface area contributed by atoms with Gasteiger partial charge in [0, 0.05) is 49.5 Å². The van der Waals surface area contributed by atoms with Crippen LogP contribution in [0.25, 0.3) is 10.2 Å². The van der Waals surface area contributed by atoms with Crippen LogP contribution >= 0.6 is 22.7 Å². The van der Waals surface area contributed by atoms with Gasteiger partial charge in [-0.15, -0.1) is 22.7 Å². The summed E-state index contributed by atoms with van der Waals surface area (Å²) in [6, 6.07) is 0. The van der Waals surface area contributed by atoms with Gasteiger partial charge in [-0.2, -0.15) is 0 Å². The first kappa shape index (κ1) is 21.7. The quantitative estimate of drug-likeness (QED) is 0.559. The molecule has 3 aliphatic rings. The summed E-state index contributed by atoms with van der Waals surface area (Å²) >= 11 is 3.67. The highest BCUT2D eigenvalue weighted by Gasteiger charge is 2.28. The molecule has 0 spiro atoms. The Balaban J connectivity index is 1.32. The summed E-state index contributed by atoms with van der Waals surface area (Å²) < 4.78 is 5.54. The number of hydrogen-bond acceptors (Lipinski definition) is 9. The lowest BCUT2D eigenvalue weighted by Crippen LogP contribution is -2.47. The van der Waals surface area contributed by atoms with Gasteiger partial charge in [0.15, 0.2) is 5.13 Å². The van der Waals surface area contributed by atoms with E-state index in [0.717, 1.165) is 88.0 Å². The third-order valence-corrected chi connectivity index (χ3v) is 9.28. The lowest BCUT2D eigenvalue weighted by atomic mass is 9.89. The van der Waals surface area contributed by atoms with Gasteiger partial charge in [0.1, 0.15) is 16.5 Å². The molecule has 0 unspecified atom stereocenters. The van der Waals surface area contributed by atoms with Gasteiger partial charge < -0.3 is 14.5 Å². The fourth-order valence-corrected chi connectivity index (χ4v) is 7.47. The maximum Gasteiger partial charge on any atom is 0.185 e. The molecule has 3 aromatic heterocycles. The second kappa shape index (κ2) is 9.09. The second-order valence-electron chi connectivity index (χ2n) is 9.63. The van der Waals surface area contributed by atoms with Crippen LogP contribution in [0.5, 0.6) is 0 Å². The number of ether oxygens (including phenoxy) is 1. The van der Waals surface area contributed by atoms with E-state index in [1.54, 1.807) is 16.2 Å². The first-order valence-electron chi connectivity index (χ1n) is 12.2. The smallest absolute Gasteiger partial charge is 0.185 e. The number of anilines is 2. The van der Waals surface area contributed by atoms with Crippen LogP contribution < -0.4 is 9.80 Å². The zero-order valence-corrected chi connectivity index (χ0v) is 21.2. The standard InChI is InChI=1S/C24H32N6OS2/c1-16-3-4-18-19(13-16)33-23-21(18)22(26-20(27-23)14-28-9-11-31-12-10-28)29-5-7-30(8-6-29)24-25-17(2)15-32-24/h15-16H,3-14H2,1-2H3/t16-/m0/s1. The summed E-state index contributed by atoms with van der Waals surface area (Å²) in [6.07, 6.45) is 3.62. The molecule has 1 atom stereocenters. The van der Waals surface area contributed by atoms with Gasteiger partial charge in [0.2, 0.25) is 0 Å². The molecule has 6 rings (SSSR count). The predicted molar refractivity (Wildman–Crippen MR) is 136 cm³/mol. The molecule has 0 bridgehead atoms. The Morgan fingerprint density at radius 1 is 1.03 bits per heavy atom. The number of hydrogen-bond donors (Lipinski definition) is 0. The number of aryl methyl sites for hydroxylation is 2. The minimum absolute atomic E-state index is 0.764. The molecule has 0 aromatic carbocycles. The predicted octanol–water partition coefficient (Wildman–Crippen LogP) is 3.74. The third kappa shape index (κ3) is 4.36. The van der Waals surface area contributed by atoms with Crippen molar-refractivity contribution in [3.63, 3.8) is 0 Å². The molecule has 33 heavy (non-hydrogen) atoms. The van der Waals surface area contributed by atoms with Crippen LogP contribution in [-0.2, 0) is 24.1 Å². The van der Waals surface area contributed by atoms with E-state index in [0.29, 0.717) is 0 Å². The van der Waals surface area contributed by atoms with Gasteiger partial charge in [0.05, 0.1) is 30.8 Å². The van der Waals surface area contributed by atoms with E-state index in [9.17, 15) is 0 Å². The maximum absolute atomic E-state index is 5.54. The van der Waals surface area contributed by atoms with Crippen molar-refractivity contribution in [2.75, 3.05) is 62.3 Å². The fraction of sp³-hybridized carbons (Fsp3) is 0.625. The lowest BCUT2D eigenvalue weighted by Gasteiger charge is -2.36. The van der Waals surface area contributed by atoms with E-state index >= 15 is 0 Å². The van der Waals surface area contributed by atoms with Gasteiger partial charge in [-0.3, -0.25) is 4.90 Å². The monoisotopic (exact) mass is 484 g/mol. The number of thiophene rings is 1. The first-order valence-corrected chi connectivity index (χ1v) is 13.9. The van der Waals surface area contributed by atoms with Crippen LogP contribution in [0.2, 0.25) is 0 Å². The molecular weight excluding hydrogens is 452 g/mol. The zero-order chi connectivity index (χ0) is 22.4. The van der Waals surface area contributed by atoms with Crippen molar-refractivity contribution in [1.82, 2.24) is 19.9 Å². The molecule has 5 heterocycles. The number of nitrogens with zero attached hydrogens (tertiary/aromatic N) is 6. The molecule has 0 radical (unpaired) electrons. The van der Waals surface area contributed by atoms with Crippen LogP contribution in [0.1, 0.15) is 35.3 Å². The van der Waals surface area contributed by atoms with Crippen LogP contribution in [0.3, 0.4) is 0 Å². The zero-order valence-electron chi connectivity index (χ0n) is 19.5. The summed E-state index contributed by atoms with van der Waals surface area (Å²) in [5.74, 6) is 2.90. The van der Waals surface area contributed by atoms with E-state index < -0.39 is 0 Å². The number of rotatable bonds is 4. The highest BCUT2D eigenvalue weighted by atomic mass is 32.1. The van der Waals surface area contributed by atoms with E-state index in [1.807, 2.05) is 11.3 Å². The lowest BCUT2D eigenvalue weighted by molar-refractivity contribution is 0.0331. The topological polar surface area (TPSA) is 57.6 Å². The van der Waals surface area contributed by atoms with Crippen LogP contribution in [0.15, 0.2) is 5.38 Å². The molecule has 7 nitrogen and oxygen atoms in total. The maximum atomic E-state index is 5.54. The highest BCUT2D eigenvalue weighted by Crippen LogP contribution is 2.41. The first-order chi connectivity index (χ1) is 16.1. The molecule has 9 heteroatoms. The Hall–Kier alpha value is -1.81. The molecule has 0 N–H and O–H groups in total. The molecule has 0 saturated carbocycles. The van der Waals surface area contributed by atoms with E-state index in [4.69, 9.17) is 19.7 Å². The van der Waals surface area contributed by atoms with Crippen molar-refractivity contribution in [3.8, 4) is 0 Å². The van der Waals surface area contributed by atoms with E-state index in [1.165, 1.54) is 34.4 Å².